The monoisotopic (exact) mass is 510 g/mol. The maximum Gasteiger partial charge on any atom is 0.221 e. The van der Waals surface area contributed by atoms with Crippen LogP contribution in [0.15, 0.2) is 0 Å². The van der Waals surface area contributed by atoms with Gasteiger partial charge in [0, 0.05) is 52.1 Å². The SMILES string of the molecule is CCCCCCCCCCCNC(=O)CCNCCNCCC(=O)NCCCCCCCCCCC. The fourth-order valence-corrected chi connectivity index (χ4v) is 4.33. The Balaban J connectivity index is 3.25. The van der Waals surface area contributed by atoms with Crippen LogP contribution < -0.4 is 21.3 Å². The summed E-state index contributed by atoms with van der Waals surface area (Å²) in [6.07, 6.45) is 24.5. The van der Waals surface area contributed by atoms with E-state index in [4.69, 9.17) is 0 Å². The third kappa shape index (κ3) is 29.1. The van der Waals surface area contributed by atoms with Gasteiger partial charge in [0.25, 0.3) is 0 Å². The van der Waals surface area contributed by atoms with Crippen molar-refractivity contribution in [1.82, 2.24) is 21.3 Å². The highest BCUT2D eigenvalue weighted by atomic mass is 16.2. The highest BCUT2D eigenvalue weighted by Gasteiger charge is 2.02. The summed E-state index contributed by atoms with van der Waals surface area (Å²) in [7, 11) is 0. The molecule has 0 rings (SSSR count). The summed E-state index contributed by atoms with van der Waals surface area (Å²) in [6.45, 7) is 9.14. The van der Waals surface area contributed by atoms with Crippen LogP contribution in [0, 0.1) is 0 Å². The number of rotatable bonds is 29. The molecule has 0 aliphatic rings. The summed E-state index contributed by atoms with van der Waals surface area (Å²) in [6, 6.07) is 0. The molecule has 6 nitrogen and oxygen atoms in total. The number of amides is 2. The zero-order chi connectivity index (χ0) is 26.4. The lowest BCUT2D eigenvalue weighted by atomic mass is 10.1. The second kappa shape index (κ2) is 30.1. The van der Waals surface area contributed by atoms with Crippen LogP contribution >= 0.6 is 0 Å². The van der Waals surface area contributed by atoms with Gasteiger partial charge in [-0.25, -0.2) is 0 Å². The molecule has 0 radical (unpaired) electrons. The quantitative estimate of drug-likeness (QED) is 0.0898. The van der Waals surface area contributed by atoms with Crippen molar-refractivity contribution < 1.29 is 9.59 Å². The fraction of sp³-hybridized carbons (Fsp3) is 0.933. The summed E-state index contributed by atoms with van der Waals surface area (Å²) < 4.78 is 0. The highest BCUT2D eigenvalue weighted by Crippen LogP contribution is 2.10. The van der Waals surface area contributed by atoms with E-state index in [1.165, 1.54) is 103 Å². The Kier molecular flexibility index (Phi) is 29.1. The first-order chi connectivity index (χ1) is 17.7. The average Bonchev–Trinajstić information content (AvgIpc) is 2.87. The second-order valence-electron chi connectivity index (χ2n) is 10.4. The molecule has 6 heteroatoms. The fourth-order valence-electron chi connectivity index (χ4n) is 4.33. The van der Waals surface area contributed by atoms with Gasteiger partial charge in [0.15, 0.2) is 0 Å². The smallest absolute Gasteiger partial charge is 0.221 e. The third-order valence-corrected chi connectivity index (χ3v) is 6.74. The van der Waals surface area contributed by atoms with Crippen LogP contribution in [0.2, 0.25) is 0 Å². The normalized spacial score (nSPS) is 11.1. The van der Waals surface area contributed by atoms with Gasteiger partial charge in [-0.3, -0.25) is 9.59 Å². The van der Waals surface area contributed by atoms with Crippen LogP contribution in [0.4, 0.5) is 0 Å². The molecule has 0 saturated heterocycles. The summed E-state index contributed by atoms with van der Waals surface area (Å²) in [5.74, 6) is 0.275. The first-order valence-electron chi connectivity index (χ1n) is 15.7. The molecule has 2 amide bonds. The number of nitrogens with one attached hydrogen (secondary N) is 4. The van der Waals surface area contributed by atoms with E-state index in [9.17, 15) is 9.59 Å². The van der Waals surface area contributed by atoms with Crippen LogP contribution in [0.25, 0.3) is 0 Å². The minimum atomic E-state index is 0.138. The molecule has 0 aliphatic carbocycles. The van der Waals surface area contributed by atoms with E-state index in [0.29, 0.717) is 25.9 Å². The van der Waals surface area contributed by atoms with Gasteiger partial charge in [-0.2, -0.15) is 0 Å². The van der Waals surface area contributed by atoms with Crippen LogP contribution in [0.5, 0.6) is 0 Å². The maximum absolute atomic E-state index is 11.9. The summed E-state index contributed by atoms with van der Waals surface area (Å²) in [4.78, 5) is 23.8. The standard InChI is InChI=1S/C30H62N4O2/c1-3-5-7-9-11-13-15-17-19-23-33-29(35)21-25-31-27-28-32-26-22-30(36)34-24-20-18-16-14-12-10-8-6-4-2/h31-32H,3-28H2,1-2H3,(H,33,35)(H,34,36). The lowest BCUT2D eigenvalue weighted by Crippen LogP contribution is -2.33. The van der Waals surface area contributed by atoms with Gasteiger partial charge in [-0.05, 0) is 12.8 Å². The predicted octanol–water partition coefficient (Wildman–Crippen LogP) is 6.24. The van der Waals surface area contributed by atoms with E-state index in [2.05, 4.69) is 35.1 Å². The van der Waals surface area contributed by atoms with Crippen LogP contribution in [-0.4, -0.2) is 51.1 Å². The van der Waals surface area contributed by atoms with Crippen LogP contribution in [-0.2, 0) is 9.59 Å². The molecule has 0 aromatic carbocycles. The van der Waals surface area contributed by atoms with Gasteiger partial charge >= 0.3 is 0 Å². The van der Waals surface area contributed by atoms with Crippen molar-refractivity contribution in [2.24, 2.45) is 0 Å². The van der Waals surface area contributed by atoms with Gasteiger partial charge in [0.05, 0.1) is 0 Å². The molecule has 4 N–H and O–H groups in total. The Morgan fingerprint density at radius 1 is 0.389 bits per heavy atom. The zero-order valence-electron chi connectivity index (χ0n) is 24.2. The molecule has 0 atom stereocenters. The number of carbonyl (C=O) groups is 2. The van der Waals surface area contributed by atoms with E-state index in [-0.39, 0.29) is 11.8 Å². The second-order valence-corrected chi connectivity index (χ2v) is 10.4. The Labute approximate surface area is 224 Å². The number of carbonyl (C=O) groups excluding carboxylic acids is 2. The Morgan fingerprint density at radius 3 is 1.03 bits per heavy atom. The molecule has 0 unspecified atom stereocenters. The van der Waals surface area contributed by atoms with Crippen molar-refractivity contribution in [2.45, 2.75) is 142 Å². The molecule has 0 saturated carbocycles. The molecule has 0 heterocycles. The van der Waals surface area contributed by atoms with Crippen molar-refractivity contribution in [1.29, 1.82) is 0 Å². The molecule has 0 aromatic rings. The number of hydrogen-bond acceptors (Lipinski definition) is 4. The first-order valence-corrected chi connectivity index (χ1v) is 15.7. The minimum Gasteiger partial charge on any atom is -0.356 e. The average molecular weight is 511 g/mol. The molecule has 36 heavy (non-hydrogen) atoms. The molecule has 0 fully saturated rings. The van der Waals surface area contributed by atoms with Crippen molar-refractivity contribution in [3.8, 4) is 0 Å². The Hall–Kier alpha value is -1.14. The van der Waals surface area contributed by atoms with Crippen molar-refractivity contribution in [3.63, 3.8) is 0 Å². The van der Waals surface area contributed by atoms with E-state index in [0.717, 1.165) is 39.0 Å². The predicted molar refractivity (Wildman–Crippen MR) is 155 cm³/mol. The van der Waals surface area contributed by atoms with Crippen molar-refractivity contribution >= 4 is 11.8 Å². The minimum absolute atomic E-state index is 0.138. The Morgan fingerprint density at radius 2 is 0.694 bits per heavy atom. The van der Waals surface area contributed by atoms with E-state index < -0.39 is 0 Å². The summed E-state index contributed by atoms with van der Waals surface area (Å²) in [5, 5.41) is 12.6. The van der Waals surface area contributed by atoms with E-state index >= 15 is 0 Å². The zero-order valence-corrected chi connectivity index (χ0v) is 24.2. The number of unbranched alkanes of at least 4 members (excludes halogenated alkanes) is 16. The molecule has 0 spiro atoms. The van der Waals surface area contributed by atoms with Gasteiger partial charge in [-0.1, -0.05) is 117 Å². The van der Waals surface area contributed by atoms with Gasteiger partial charge in [0.2, 0.25) is 11.8 Å². The first kappa shape index (κ1) is 34.9. The molecular weight excluding hydrogens is 448 g/mol. The van der Waals surface area contributed by atoms with E-state index in [1.54, 1.807) is 0 Å². The third-order valence-electron chi connectivity index (χ3n) is 6.74. The van der Waals surface area contributed by atoms with Gasteiger partial charge < -0.3 is 21.3 Å². The lowest BCUT2D eigenvalue weighted by Gasteiger charge is -2.08. The molecule has 0 aromatic heterocycles. The van der Waals surface area contributed by atoms with Crippen LogP contribution in [0.1, 0.15) is 142 Å². The van der Waals surface area contributed by atoms with Gasteiger partial charge in [-0.15, -0.1) is 0 Å². The maximum atomic E-state index is 11.9. The highest BCUT2D eigenvalue weighted by molar-refractivity contribution is 5.76. The largest absolute Gasteiger partial charge is 0.356 e. The topological polar surface area (TPSA) is 82.3 Å². The Bertz CT molecular complexity index is 432. The summed E-state index contributed by atoms with van der Waals surface area (Å²) >= 11 is 0. The van der Waals surface area contributed by atoms with Crippen LogP contribution in [0.3, 0.4) is 0 Å². The summed E-state index contributed by atoms with van der Waals surface area (Å²) in [5.41, 5.74) is 0. The lowest BCUT2D eigenvalue weighted by molar-refractivity contribution is -0.121. The van der Waals surface area contributed by atoms with E-state index in [1.807, 2.05) is 0 Å². The molecule has 214 valence electrons. The van der Waals surface area contributed by atoms with Crippen molar-refractivity contribution in [3.05, 3.63) is 0 Å². The molecule has 0 bridgehead atoms. The van der Waals surface area contributed by atoms with Crippen molar-refractivity contribution in [2.75, 3.05) is 39.3 Å². The molecular formula is C30H62N4O2. The number of hydrogen-bond donors (Lipinski definition) is 4. The molecule has 0 aliphatic heterocycles. The van der Waals surface area contributed by atoms with Gasteiger partial charge in [0.1, 0.15) is 0 Å².